The third kappa shape index (κ3) is 4.83. The van der Waals surface area contributed by atoms with Gasteiger partial charge in [0, 0.05) is 43.4 Å². The zero-order valence-corrected chi connectivity index (χ0v) is 14.7. The van der Waals surface area contributed by atoms with Crippen LogP contribution in [0.3, 0.4) is 0 Å². The Morgan fingerprint density at radius 3 is 2.78 bits per heavy atom. The molecule has 5 heteroatoms. The van der Waals surface area contributed by atoms with E-state index in [1.807, 2.05) is 18.2 Å². The summed E-state index contributed by atoms with van der Waals surface area (Å²) < 4.78 is 11.2. The molecule has 128 valence electrons. The van der Waals surface area contributed by atoms with Crippen molar-refractivity contribution < 1.29 is 9.47 Å². The summed E-state index contributed by atoms with van der Waals surface area (Å²) in [6, 6.07) is 5.87. The SMILES string of the molecule is COc1ccc(Cl)cc1CN1CCCN(CC2CCCO2)CC1. The van der Waals surface area contributed by atoms with Gasteiger partial charge in [-0.2, -0.15) is 0 Å². The lowest BCUT2D eigenvalue weighted by molar-refractivity contribution is 0.0742. The maximum Gasteiger partial charge on any atom is 0.123 e. The Labute approximate surface area is 144 Å². The Hall–Kier alpha value is -0.810. The van der Waals surface area contributed by atoms with Gasteiger partial charge in [0.1, 0.15) is 5.75 Å². The molecular weight excluding hydrogens is 312 g/mol. The lowest BCUT2D eigenvalue weighted by Gasteiger charge is -2.24. The van der Waals surface area contributed by atoms with Crippen molar-refractivity contribution in [3.63, 3.8) is 0 Å². The van der Waals surface area contributed by atoms with E-state index in [2.05, 4.69) is 9.80 Å². The van der Waals surface area contributed by atoms with Crippen LogP contribution in [0.1, 0.15) is 24.8 Å². The molecule has 2 fully saturated rings. The van der Waals surface area contributed by atoms with Gasteiger partial charge in [-0.1, -0.05) is 11.6 Å². The molecule has 1 atom stereocenters. The van der Waals surface area contributed by atoms with E-state index in [-0.39, 0.29) is 0 Å². The highest BCUT2D eigenvalue weighted by atomic mass is 35.5. The van der Waals surface area contributed by atoms with Gasteiger partial charge in [0.25, 0.3) is 0 Å². The van der Waals surface area contributed by atoms with E-state index in [1.165, 1.54) is 31.4 Å². The Kier molecular flexibility index (Phi) is 6.17. The predicted octanol–water partition coefficient (Wildman–Crippen LogP) is 3.04. The van der Waals surface area contributed by atoms with Crippen LogP contribution in [0, 0.1) is 0 Å². The number of hydrogen-bond donors (Lipinski definition) is 0. The van der Waals surface area contributed by atoms with Crippen LogP contribution in [0.15, 0.2) is 18.2 Å². The summed E-state index contributed by atoms with van der Waals surface area (Å²) >= 11 is 6.15. The zero-order chi connectivity index (χ0) is 16.1. The fourth-order valence-corrected chi connectivity index (χ4v) is 3.75. The average molecular weight is 339 g/mol. The zero-order valence-electron chi connectivity index (χ0n) is 14.0. The molecule has 2 aliphatic rings. The Balaban J connectivity index is 1.54. The van der Waals surface area contributed by atoms with Gasteiger partial charge in [0.05, 0.1) is 13.2 Å². The maximum atomic E-state index is 6.15. The lowest BCUT2D eigenvalue weighted by atomic mass is 10.2. The third-order valence-corrected chi connectivity index (χ3v) is 5.04. The fraction of sp³-hybridized carbons (Fsp3) is 0.667. The number of benzene rings is 1. The first-order valence-electron chi connectivity index (χ1n) is 8.63. The highest BCUT2D eigenvalue weighted by Crippen LogP contribution is 2.24. The molecular formula is C18H27ClN2O2. The molecule has 0 radical (unpaired) electrons. The molecule has 1 aromatic rings. The molecule has 0 aliphatic carbocycles. The van der Waals surface area contributed by atoms with E-state index in [0.29, 0.717) is 6.10 Å². The molecule has 1 aromatic carbocycles. The molecule has 1 unspecified atom stereocenters. The summed E-state index contributed by atoms with van der Waals surface area (Å²) in [5, 5.41) is 0.774. The topological polar surface area (TPSA) is 24.9 Å². The van der Waals surface area contributed by atoms with Crippen molar-refractivity contribution in [2.24, 2.45) is 0 Å². The second-order valence-corrected chi connectivity index (χ2v) is 6.96. The standard InChI is InChI=1S/C18H27ClN2O2/c1-22-18-6-5-16(19)12-15(18)13-20-7-3-8-21(10-9-20)14-17-4-2-11-23-17/h5-6,12,17H,2-4,7-11,13-14H2,1H3. The Bertz CT molecular complexity index is 506. The molecule has 2 aliphatic heterocycles. The first-order chi connectivity index (χ1) is 11.2. The molecule has 2 saturated heterocycles. The van der Waals surface area contributed by atoms with E-state index in [0.717, 1.165) is 50.1 Å². The largest absolute Gasteiger partial charge is 0.496 e. The van der Waals surface area contributed by atoms with Gasteiger partial charge in [0.15, 0.2) is 0 Å². The lowest BCUT2D eigenvalue weighted by Crippen LogP contribution is -2.35. The van der Waals surface area contributed by atoms with E-state index in [4.69, 9.17) is 21.1 Å². The van der Waals surface area contributed by atoms with Crippen LogP contribution in [-0.2, 0) is 11.3 Å². The average Bonchev–Trinajstić information content (AvgIpc) is 2.95. The smallest absolute Gasteiger partial charge is 0.123 e. The van der Waals surface area contributed by atoms with Gasteiger partial charge in [-0.15, -0.1) is 0 Å². The molecule has 0 spiro atoms. The van der Waals surface area contributed by atoms with Crippen molar-refractivity contribution in [3.05, 3.63) is 28.8 Å². The predicted molar refractivity (Wildman–Crippen MR) is 93.3 cm³/mol. The molecule has 23 heavy (non-hydrogen) atoms. The highest BCUT2D eigenvalue weighted by molar-refractivity contribution is 6.30. The summed E-state index contributed by atoms with van der Waals surface area (Å²) in [5.74, 6) is 0.926. The van der Waals surface area contributed by atoms with Crippen molar-refractivity contribution in [2.45, 2.75) is 31.9 Å². The monoisotopic (exact) mass is 338 g/mol. The van der Waals surface area contributed by atoms with Crippen molar-refractivity contribution in [3.8, 4) is 5.75 Å². The van der Waals surface area contributed by atoms with Gasteiger partial charge in [0.2, 0.25) is 0 Å². The minimum atomic E-state index is 0.453. The van der Waals surface area contributed by atoms with Gasteiger partial charge in [-0.05, 0) is 50.6 Å². The van der Waals surface area contributed by atoms with Gasteiger partial charge in [-0.3, -0.25) is 9.80 Å². The summed E-state index contributed by atoms with van der Waals surface area (Å²) in [7, 11) is 1.72. The van der Waals surface area contributed by atoms with Gasteiger partial charge < -0.3 is 9.47 Å². The summed E-state index contributed by atoms with van der Waals surface area (Å²) in [5.41, 5.74) is 1.17. The van der Waals surface area contributed by atoms with Crippen molar-refractivity contribution in [2.75, 3.05) is 46.4 Å². The molecule has 0 N–H and O–H groups in total. The van der Waals surface area contributed by atoms with Crippen LogP contribution < -0.4 is 4.74 Å². The second-order valence-electron chi connectivity index (χ2n) is 6.52. The number of rotatable bonds is 5. The fourth-order valence-electron chi connectivity index (χ4n) is 3.55. The van der Waals surface area contributed by atoms with Crippen LogP contribution in [0.25, 0.3) is 0 Å². The van der Waals surface area contributed by atoms with Crippen LogP contribution in [0.5, 0.6) is 5.75 Å². The molecule has 3 rings (SSSR count). The van der Waals surface area contributed by atoms with Crippen LogP contribution in [0.4, 0.5) is 0 Å². The molecule has 0 saturated carbocycles. The van der Waals surface area contributed by atoms with E-state index >= 15 is 0 Å². The van der Waals surface area contributed by atoms with Crippen molar-refractivity contribution in [1.29, 1.82) is 0 Å². The van der Waals surface area contributed by atoms with Crippen LogP contribution >= 0.6 is 11.6 Å². The Morgan fingerprint density at radius 2 is 2.00 bits per heavy atom. The highest BCUT2D eigenvalue weighted by Gasteiger charge is 2.22. The second kappa shape index (κ2) is 8.34. The first-order valence-corrected chi connectivity index (χ1v) is 9.01. The van der Waals surface area contributed by atoms with Crippen LogP contribution in [0.2, 0.25) is 5.02 Å². The normalized spacial score (nSPS) is 23.8. The van der Waals surface area contributed by atoms with E-state index < -0.39 is 0 Å². The van der Waals surface area contributed by atoms with Crippen molar-refractivity contribution >= 4 is 11.6 Å². The molecule has 4 nitrogen and oxygen atoms in total. The maximum absolute atomic E-state index is 6.15. The molecule has 0 aromatic heterocycles. The van der Waals surface area contributed by atoms with Crippen molar-refractivity contribution in [1.82, 2.24) is 9.80 Å². The molecule has 0 bridgehead atoms. The summed E-state index contributed by atoms with van der Waals surface area (Å²) in [6.45, 7) is 7.43. The summed E-state index contributed by atoms with van der Waals surface area (Å²) in [4.78, 5) is 5.06. The number of nitrogens with zero attached hydrogens (tertiary/aromatic N) is 2. The van der Waals surface area contributed by atoms with E-state index in [1.54, 1.807) is 7.11 Å². The first kappa shape index (κ1) is 17.0. The number of methoxy groups -OCH3 is 1. The van der Waals surface area contributed by atoms with Gasteiger partial charge in [-0.25, -0.2) is 0 Å². The number of halogens is 1. The number of hydrogen-bond acceptors (Lipinski definition) is 4. The number of ether oxygens (including phenoxy) is 2. The Morgan fingerprint density at radius 1 is 1.17 bits per heavy atom. The van der Waals surface area contributed by atoms with Gasteiger partial charge >= 0.3 is 0 Å². The molecule has 0 amide bonds. The van der Waals surface area contributed by atoms with E-state index in [9.17, 15) is 0 Å². The summed E-state index contributed by atoms with van der Waals surface area (Å²) in [6.07, 6.45) is 4.10. The van der Waals surface area contributed by atoms with Crippen LogP contribution in [-0.4, -0.2) is 62.3 Å². The quantitative estimate of drug-likeness (QED) is 0.824. The molecule has 2 heterocycles. The minimum absolute atomic E-state index is 0.453. The third-order valence-electron chi connectivity index (χ3n) is 4.80. The minimum Gasteiger partial charge on any atom is -0.496 e.